The number of nitrogens with zero attached hydrogens (tertiary/aromatic N) is 2. The van der Waals surface area contributed by atoms with Crippen LogP contribution in [-0.4, -0.2) is 34.0 Å². The normalized spacial score (nSPS) is 19.2. The van der Waals surface area contributed by atoms with Crippen LogP contribution in [0.2, 0.25) is 0 Å². The molecule has 1 fully saturated rings. The summed E-state index contributed by atoms with van der Waals surface area (Å²) in [5, 5.41) is 10.0. The Bertz CT molecular complexity index is 674. The Morgan fingerprint density at radius 3 is 3.10 bits per heavy atom. The van der Waals surface area contributed by atoms with Crippen molar-refractivity contribution in [3.05, 3.63) is 40.5 Å². The molecule has 4 nitrogen and oxygen atoms in total. The van der Waals surface area contributed by atoms with Crippen LogP contribution >= 0.6 is 15.9 Å². The van der Waals surface area contributed by atoms with Crippen LogP contribution in [-0.2, 0) is 11.3 Å². The van der Waals surface area contributed by atoms with Crippen LogP contribution in [0.5, 0.6) is 0 Å². The topological polar surface area (TPSA) is 53.4 Å². The van der Waals surface area contributed by atoms with Gasteiger partial charge in [0.25, 0.3) is 0 Å². The molecule has 1 aromatic heterocycles. The van der Waals surface area contributed by atoms with Crippen molar-refractivity contribution in [2.24, 2.45) is 5.92 Å². The second-order valence-electron chi connectivity index (χ2n) is 5.59. The fourth-order valence-corrected chi connectivity index (χ4v) is 3.49. The molecule has 0 amide bonds. The Morgan fingerprint density at radius 1 is 1.43 bits per heavy atom. The lowest BCUT2D eigenvalue weighted by molar-refractivity contribution is -0.138. The van der Waals surface area contributed by atoms with Crippen LogP contribution in [0.25, 0.3) is 10.9 Å². The van der Waals surface area contributed by atoms with E-state index < -0.39 is 5.97 Å². The monoisotopic (exact) mass is 348 g/mol. The van der Waals surface area contributed by atoms with E-state index in [2.05, 4.69) is 44.0 Å². The average Bonchev–Trinajstić information content (AvgIpc) is 2.89. The summed E-state index contributed by atoms with van der Waals surface area (Å²) in [6.45, 7) is 2.65. The van der Waals surface area contributed by atoms with Crippen molar-refractivity contribution >= 4 is 32.8 Å². The molecule has 1 atom stereocenters. The smallest absolute Gasteiger partial charge is 0.303 e. The van der Waals surface area contributed by atoms with E-state index in [0.29, 0.717) is 0 Å². The zero-order valence-corrected chi connectivity index (χ0v) is 13.2. The van der Waals surface area contributed by atoms with Gasteiger partial charge in [-0.3, -0.25) is 14.7 Å². The van der Waals surface area contributed by atoms with Crippen molar-refractivity contribution in [2.45, 2.75) is 19.4 Å². The van der Waals surface area contributed by atoms with E-state index >= 15 is 0 Å². The summed E-state index contributed by atoms with van der Waals surface area (Å²) in [5.74, 6) is -0.422. The molecule has 2 heterocycles. The molecule has 1 aliphatic heterocycles. The van der Waals surface area contributed by atoms with E-state index in [1.807, 2.05) is 12.3 Å². The van der Waals surface area contributed by atoms with Gasteiger partial charge in [-0.1, -0.05) is 28.1 Å². The van der Waals surface area contributed by atoms with Crippen molar-refractivity contribution in [2.75, 3.05) is 13.1 Å². The SMILES string of the molecule is O=C(O)CC1CCN(Cc2ccc(Br)c3cccnc23)C1. The van der Waals surface area contributed by atoms with Crippen LogP contribution in [0.4, 0.5) is 0 Å². The Morgan fingerprint density at radius 2 is 2.29 bits per heavy atom. The molecule has 0 saturated carbocycles. The first-order chi connectivity index (χ1) is 10.1. The quantitative estimate of drug-likeness (QED) is 0.920. The number of pyridine rings is 1. The van der Waals surface area contributed by atoms with E-state index in [1.165, 1.54) is 5.56 Å². The second kappa shape index (κ2) is 6.12. The highest BCUT2D eigenvalue weighted by atomic mass is 79.9. The lowest BCUT2D eigenvalue weighted by Crippen LogP contribution is -2.21. The third kappa shape index (κ3) is 3.24. The minimum atomic E-state index is -0.697. The van der Waals surface area contributed by atoms with Crippen LogP contribution < -0.4 is 0 Å². The number of rotatable bonds is 4. The third-order valence-electron chi connectivity index (χ3n) is 4.03. The summed E-state index contributed by atoms with van der Waals surface area (Å²) < 4.78 is 1.06. The number of benzene rings is 1. The molecule has 1 aliphatic rings. The van der Waals surface area contributed by atoms with E-state index in [4.69, 9.17) is 5.11 Å². The number of halogens is 1. The van der Waals surface area contributed by atoms with Crippen LogP contribution in [0.3, 0.4) is 0 Å². The van der Waals surface area contributed by atoms with Gasteiger partial charge in [0.2, 0.25) is 0 Å². The maximum absolute atomic E-state index is 10.8. The highest BCUT2D eigenvalue weighted by Gasteiger charge is 2.24. The van der Waals surface area contributed by atoms with E-state index in [-0.39, 0.29) is 12.3 Å². The highest BCUT2D eigenvalue weighted by Crippen LogP contribution is 2.28. The number of hydrogen-bond acceptors (Lipinski definition) is 3. The highest BCUT2D eigenvalue weighted by molar-refractivity contribution is 9.10. The molecule has 0 aliphatic carbocycles. The molecule has 0 spiro atoms. The number of aliphatic carboxylic acids is 1. The van der Waals surface area contributed by atoms with Gasteiger partial charge in [-0.05, 0) is 36.6 Å². The van der Waals surface area contributed by atoms with Crippen molar-refractivity contribution in [3.8, 4) is 0 Å². The maximum Gasteiger partial charge on any atom is 0.303 e. The first-order valence-corrected chi connectivity index (χ1v) is 7.89. The van der Waals surface area contributed by atoms with Crippen molar-refractivity contribution in [1.29, 1.82) is 0 Å². The number of carbonyl (C=O) groups is 1. The predicted octanol–water partition coefficient (Wildman–Crippen LogP) is 3.29. The van der Waals surface area contributed by atoms with Crippen LogP contribution in [0, 0.1) is 5.92 Å². The van der Waals surface area contributed by atoms with Gasteiger partial charge in [-0.25, -0.2) is 0 Å². The molecule has 1 unspecified atom stereocenters. The van der Waals surface area contributed by atoms with Gasteiger partial charge in [0.15, 0.2) is 0 Å². The Kier molecular flexibility index (Phi) is 4.22. The Labute approximate surface area is 131 Å². The minimum absolute atomic E-state index is 0.274. The van der Waals surface area contributed by atoms with Gasteiger partial charge in [-0.2, -0.15) is 0 Å². The number of carboxylic acids is 1. The Balaban J connectivity index is 1.77. The zero-order valence-electron chi connectivity index (χ0n) is 11.6. The number of aromatic nitrogens is 1. The van der Waals surface area contributed by atoms with Crippen molar-refractivity contribution in [3.63, 3.8) is 0 Å². The maximum atomic E-state index is 10.8. The molecule has 21 heavy (non-hydrogen) atoms. The van der Waals surface area contributed by atoms with Gasteiger partial charge < -0.3 is 5.11 Å². The fourth-order valence-electron chi connectivity index (χ4n) is 3.03. The van der Waals surface area contributed by atoms with Gasteiger partial charge in [0, 0.05) is 35.6 Å². The predicted molar refractivity (Wildman–Crippen MR) is 85.1 cm³/mol. The molecule has 1 N–H and O–H groups in total. The number of likely N-dealkylation sites (tertiary alicyclic amines) is 1. The van der Waals surface area contributed by atoms with Crippen LogP contribution in [0.15, 0.2) is 34.9 Å². The third-order valence-corrected chi connectivity index (χ3v) is 4.72. The largest absolute Gasteiger partial charge is 0.481 e. The lowest BCUT2D eigenvalue weighted by atomic mass is 10.1. The van der Waals surface area contributed by atoms with E-state index in [1.54, 1.807) is 0 Å². The molecule has 110 valence electrons. The molecule has 3 rings (SSSR count). The van der Waals surface area contributed by atoms with Crippen LogP contribution in [0.1, 0.15) is 18.4 Å². The molecule has 1 saturated heterocycles. The summed E-state index contributed by atoms with van der Waals surface area (Å²) in [5.41, 5.74) is 2.22. The molecule has 0 radical (unpaired) electrons. The molecule has 0 bridgehead atoms. The van der Waals surface area contributed by atoms with Crippen molar-refractivity contribution in [1.82, 2.24) is 9.88 Å². The summed E-state index contributed by atoms with van der Waals surface area (Å²) in [6.07, 6.45) is 3.06. The van der Waals surface area contributed by atoms with E-state index in [9.17, 15) is 4.79 Å². The lowest BCUT2D eigenvalue weighted by Gasteiger charge is -2.17. The first kappa shape index (κ1) is 14.5. The molecule has 1 aromatic carbocycles. The number of carboxylic acid groups (broad SMARTS) is 1. The minimum Gasteiger partial charge on any atom is -0.481 e. The molecule has 5 heteroatoms. The number of hydrogen-bond donors (Lipinski definition) is 1. The molecular weight excluding hydrogens is 332 g/mol. The van der Waals surface area contributed by atoms with Gasteiger partial charge >= 0.3 is 5.97 Å². The number of fused-ring (bicyclic) bond motifs is 1. The summed E-state index contributed by atoms with van der Waals surface area (Å²) in [6, 6.07) is 8.16. The Hall–Kier alpha value is -1.46. The average molecular weight is 349 g/mol. The molecule has 2 aromatic rings. The summed E-state index contributed by atoms with van der Waals surface area (Å²) >= 11 is 3.56. The van der Waals surface area contributed by atoms with Crippen molar-refractivity contribution < 1.29 is 9.90 Å². The van der Waals surface area contributed by atoms with E-state index in [0.717, 1.165) is 41.4 Å². The second-order valence-corrected chi connectivity index (χ2v) is 6.45. The van der Waals surface area contributed by atoms with Gasteiger partial charge in [0.05, 0.1) is 5.52 Å². The van der Waals surface area contributed by atoms with Gasteiger partial charge in [-0.15, -0.1) is 0 Å². The standard InChI is InChI=1S/C16H17BrN2O2/c17-14-4-3-12(16-13(14)2-1-6-18-16)10-19-7-5-11(9-19)8-15(20)21/h1-4,6,11H,5,7-10H2,(H,20,21). The summed E-state index contributed by atoms with van der Waals surface area (Å²) in [7, 11) is 0. The molecular formula is C16H17BrN2O2. The summed E-state index contributed by atoms with van der Waals surface area (Å²) in [4.78, 5) is 17.6. The first-order valence-electron chi connectivity index (χ1n) is 7.10. The van der Waals surface area contributed by atoms with Gasteiger partial charge in [0.1, 0.15) is 0 Å². The fraction of sp³-hybridized carbons (Fsp3) is 0.375. The zero-order chi connectivity index (χ0) is 14.8.